The Kier molecular flexibility index (Phi) is 11.7. The summed E-state index contributed by atoms with van der Waals surface area (Å²) < 4.78 is 3.64. The van der Waals surface area contributed by atoms with Gasteiger partial charge in [0.25, 0.3) is 0 Å². The second-order valence-electron chi connectivity index (χ2n) is 13.0. The van der Waals surface area contributed by atoms with Crippen molar-refractivity contribution in [2.75, 3.05) is 0 Å². The molecule has 4 nitrogen and oxygen atoms in total. The van der Waals surface area contributed by atoms with E-state index in [4.69, 9.17) is 10.1 Å². The fraction of sp³-hybridized carbons (Fsp3) is 0.182. The normalized spacial score (nSPS) is 11.5. The SMILES string of the molecule is CC(=O)/C=C(/C)O.CC(C)c1cc(-c2ccccc2)cc(C(C)C)c1-n1c(-c2[c-]sc3ccc(-c4ccccc4)cc23)nc2ccccc21.[Ir]. The fourth-order valence-electron chi connectivity index (χ4n) is 6.28. The van der Waals surface area contributed by atoms with Gasteiger partial charge in [0.15, 0.2) is 5.78 Å². The van der Waals surface area contributed by atoms with Crippen molar-refractivity contribution in [3.63, 3.8) is 0 Å². The van der Waals surface area contributed by atoms with E-state index in [-0.39, 0.29) is 31.6 Å². The zero-order valence-corrected chi connectivity index (χ0v) is 32.4. The van der Waals surface area contributed by atoms with Crippen molar-refractivity contribution in [1.29, 1.82) is 0 Å². The van der Waals surface area contributed by atoms with Gasteiger partial charge in [0.2, 0.25) is 0 Å². The van der Waals surface area contributed by atoms with E-state index in [9.17, 15) is 4.79 Å². The number of allylic oxidation sites excluding steroid dienone is 2. The molecular formula is C44H41IrN2O2S-. The molecule has 0 aliphatic carbocycles. The van der Waals surface area contributed by atoms with E-state index in [0.29, 0.717) is 11.8 Å². The number of para-hydroxylation sites is 2. The number of imidazole rings is 1. The van der Waals surface area contributed by atoms with Crippen LogP contribution in [-0.2, 0) is 24.9 Å². The molecule has 0 spiro atoms. The Hall–Kier alpha value is -4.61. The van der Waals surface area contributed by atoms with E-state index < -0.39 is 0 Å². The third-order valence-electron chi connectivity index (χ3n) is 8.56. The van der Waals surface area contributed by atoms with Gasteiger partial charge in [-0.15, -0.1) is 5.39 Å². The van der Waals surface area contributed by atoms with Gasteiger partial charge in [-0.3, -0.25) is 21.1 Å². The summed E-state index contributed by atoms with van der Waals surface area (Å²) in [6.45, 7) is 12.0. The number of benzene rings is 5. The van der Waals surface area contributed by atoms with E-state index in [1.54, 1.807) is 11.3 Å². The summed E-state index contributed by atoms with van der Waals surface area (Å²) in [5.74, 6) is 1.53. The number of aliphatic hydroxyl groups is 1. The zero-order valence-electron chi connectivity index (χ0n) is 29.2. The minimum absolute atomic E-state index is 0. The number of nitrogens with zero attached hydrogens (tertiary/aromatic N) is 2. The van der Waals surface area contributed by atoms with Crippen molar-refractivity contribution in [2.24, 2.45) is 0 Å². The van der Waals surface area contributed by atoms with Gasteiger partial charge in [-0.2, -0.15) is 0 Å². The second-order valence-corrected chi connectivity index (χ2v) is 13.8. The van der Waals surface area contributed by atoms with Crippen molar-refractivity contribution in [3.05, 3.63) is 144 Å². The van der Waals surface area contributed by atoms with Crippen LogP contribution in [-0.4, -0.2) is 20.4 Å². The Morgan fingerprint density at radius 2 is 1.30 bits per heavy atom. The number of ketones is 1. The van der Waals surface area contributed by atoms with Gasteiger partial charge in [0, 0.05) is 31.9 Å². The summed E-state index contributed by atoms with van der Waals surface area (Å²) in [6, 6.07) is 41.4. The number of aliphatic hydroxyl groups excluding tert-OH is 1. The van der Waals surface area contributed by atoms with Crippen LogP contribution in [0.25, 0.3) is 60.4 Å². The van der Waals surface area contributed by atoms with E-state index in [1.165, 1.54) is 69.1 Å². The van der Waals surface area contributed by atoms with E-state index >= 15 is 0 Å². The molecule has 2 heterocycles. The average molecular weight is 854 g/mol. The Bertz CT molecular complexity index is 2250. The summed E-state index contributed by atoms with van der Waals surface area (Å²) in [4.78, 5) is 15.3. The minimum atomic E-state index is -0.125. The number of carbonyl (C=O) groups excluding carboxylic acids is 1. The van der Waals surface area contributed by atoms with Crippen LogP contribution in [0.15, 0.2) is 127 Å². The molecule has 0 atom stereocenters. The maximum Gasteiger partial charge on any atom is 0.155 e. The molecule has 2 aromatic heterocycles. The molecule has 5 aromatic carbocycles. The Balaban J connectivity index is 0.000000553. The van der Waals surface area contributed by atoms with Crippen LogP contribution in [0, 0.1) is 5.38 Å². The maximum absolute atomic E-state index is 10.0. The summed E-state index contributed by atoms with van der Waals surface area (Å²) in [5.41, 5.74) is 12.0. The van der Waals surface area contributed by atoms with Crippen molar-refractivity contribution >= 4 is 38.2 Å². The average Bonchev–Trinajstić information content (AvgIpc) is 3.69. The first-order valence-electron chi connectivity index (χ1n) is 16.7. The summed E-state index contributed by atoms with van der Waals surface area (Å²) in [7, 11) is 0. The zero-order chi connectivity index (χ0) is 34.7. The summed E-state index contributed by atoms with van der Waals surface area (Å²) in [6.07, 6.45) is 1.17. The van der Waals surface area contributed by atoms with Crippen molar-refractivity contribution < 1.29 is 30.0 Å². The topological polar surface area (TPSA) is 55.1 Å². The molecule has 0 bridgehead atoms. The van der Waals surface area contributed by atoms with E-state index in [1.807, 2.05) is 0 Å². The predicted octanol–water partition coefficient (Wildman–Crippen LogP) is 12.3. The number of hydrogen-bond donors (Lipinski definition) is 1. The fourth-order valence-corrected chi connectivity index (χ4v) is 7.10. The van der Waals surface area contributed by atoms with Gasteiger partial charge >= 0.3 is 0 Å². The number of hydrogen-bond acceptors (Lipinski definition) is 4. The molecule has 50 heavy (non-hydrogen) atoms. The summed E-state index contributed by atoms with van der Waals surface area (Å²) >= 11 is 1.67. The molecule has 0 aliphatic rings. The maximum atomic E-state index is 10.0. The van der Waals surface area contributed by atoms with E-state index in [0.717, 1.165) is 22.4 Å². The molecule has 1 N–H and O–H groups in total. The van der Waals surface area contributed by atoms with Crippen LogP contribution >= 0.6 is 11.3 Å². The molecule has 255 valence electrons. The van der Waals surface area contributed by atoms with Crippen LogP contribution in [0.4, 0.5) is 0 Å². The van der Waals surface area contributed by atoms with Gasteiger partial charge in [0.1, 0.15) is 0 Å². The Morgan fingerprint density at radius 1 is 0.740 bits per heavy atom. The number of fused-ring (bicyclic) bond motifs is 2. The van der Waals surface area contributed by atoms with Crippen molar-refractivity contribution in [2.45, 2.75) is 53.4 Å². The Labute approximate surface area is 312 Å². The number of carbonyl (C=O) groups is 1. The number of thiophene rings is 1. The molecule has 0 aliphatic heterocycles. The van der Waals surface area contributed by atoms with Gasteiger partial charge in [-0.25, -0.2) is 0 Å². The van der Waals surface area contributed by atoms with E-state index in [2.05, 4.69) is 153 Å². The molecule has 0 saturated carbocycles. The molecule has 6 heteroatoms. The molecular weight excluding hydrogens is 813 g/mol. The number of aromatic nitrogens is 2. The molecule has 0 unspecified atom stereocenters. The smallest absolute Gasteiger partial charge is 0.155 e. The first-order chi connectivity index (χ1) is 23.6. The first kappa shape index (κ1) is 36.7. The molecule has 1 radical (unpaired) electrons. The van der Waals surface area contributed by atoms with Crippen LogP contribution in [0.5, 0.6) is 0 Å². The molecule has 0 saturated heterocycles. The minimum Gasteiger partial charge on any atom is -0.512 e. The summed E-state index contributed by atoms with van der Waals surface area (Å²) in [5, 5.41) is 13.2. The third kappa shape index (κ3) is 7.74. The second kappa shape index (κ2) is 15.9. The molecule has 0 fully saturated rings. The molecule has 7 aromatic rings. The van der Waals surface area contributed by atoms with Crippen LogP contribution in [0.3, 0.4) is 0 Å². The van der Waals surface area contributed by atoms with Gasteiger partial charge in [-0.1, -0.05) is 134 Å². The van der Waals surface area contributed by atoms with Gasteiger partial charge in [0.05, 0.1) is 22.6 Å². The third-order valence-corrected chi connectivity index (χ3v) is 9.44. The largest absolute Gasteiger partial charge is 0.512 e. The molecule has 7 rings (SSSR count). The van der Waals surface area contributed by atoms with Crippen LogP contribution in [0.1, 0.15) is 64.5 Å². The number of rotatable bonds is 7. The first-order valence-corrected chi connectivity index (χ1v) is 17.5. The quantitative estimate of drug-likeness (QED) is 0.0987. The van der Waals surface area contributed by atoms with Crippen LogP contribution < -0.4 is 0 Å². The monoisotopic (exact) mass is 854 g/mol. The van der Waals surface area contributed by atoms with Gasteiger partial charge < -0.3 is 9.67 Å². The van der Waals surface area contributed by atoms with Crippen molar-refractivity contribution in [1.82, 2.24) is 9.55 Å². The van der Waals surface area contributed by atoms with Crippen molar-refractivity contribution in [3.8, 4) is 39.3 Å². The Morgan fingerprint density at radius 3 is 1.84 bits per heavy atom. The van der Waals surface area contributed by atoms with Crippen LogP contribution in [0.2, 0.25) is 0 Å². The van der Waals surface area contributed by atoms with Gasteiger partial charge in [-0.05, 0) is 83.3 Å². The predicted molar refractivity (Wildman–Crippen MR) is 207 cm³/mol. The molecule has 0 amide bonds. The standard InChI is InChI=1S/C39H33N2S.C5H8O2.Ir/c1-25(2)31-22-30(28-15-9-6-10-16-28)23-32(26(3)4)38(31)41-36-18-12-11-17-35(36)40-39(41)34-24-42-37-20-19-29(21-33(34)37)27-13-7-5-8-14-27;1-4(6)3-5(2)7;/h5-23,25-26H,1-4H3;3,6H,1-2H3;/q-1;;/b;4-3-;.